The Morgan fingerprint density at radius 2 is 1.52 bits per heavy atom. The number of hydrogen-bond acceptors (Lipinski definition) is 4. The van der Waals surface area contributed by atoms with E-state index in [1.807, 2.05) is 49.4 Å². The molecule has 0 aliphatic carbocycles. The van der Waals surface area contributed by atoms with E-state index in [1.165, 1.54) is 0 Å². The number of carbonyl (C=O) groups excluding carboxylic acids is 2. The van der Waals surface area contributed by atoms with Crippen molar-refractivity contribution in [3.05, 3.63) is 54.6 Å². The third-order valence-electron chi connectivity index (χ3n) is 3.37. The summed E-state index contributed by atoms with van der Waals surface area (Å²) in [5, 5.41) is 8.39. The number of anilines is 3. The Morgan fingerprint density at radius 3 is 2.20 bits per heavy atom. The fourth-order valence-electron chi connectivity index (χ4n) is 2.11. The van der Waals surface area contributed by atoms with E-state index >= 15 is 0 Å². The van der Waals surface area contributed by atoms with Crippen molar-refractivity contribution in [3.63, 3.8) is 0 Å². The van der Waals surface area contributed by atoms with Crippen LogP contribution in [-0.2, 0) is 14.3 Å². The second kappa shape index (κ2) is 10.1. The van der Waals surface area contributed by atoms with E-state index in [-0.39, 0.29) is 0 Å². The summed E-state index contributed by atoms with van der Waals surface area (Å²) in [7, 11) is 0. The second-order valence-electron chi connectivity index (χ2n) is 5.33. The zero-order valence-corrected chi connectivity index (χ0v) is 14.2. The standard InChI is InChI=1S/C19H23N3O3/c1-2-25-14-6-13-20-18(23)19(24)22-17-11-9-16(10-12-17)21-15-7-4-3-5-8-15/h3-5,7-12,21H,2,6,13-14H2,1H3,(H,20,23)(H,22,24). The van der Waals surface area contributed by atoms with Crippen LogP contribution >= 0.6 is 0 Å². The molecule has 2 rings (SSSR count). The molecular weight excluding hydrogens is 318 g/mol. The van der Waals surface area contributed by atoms with Crippen LogP contribution in [0.15, 0.2) is 54.6 Å². The maximum absolute atomic E-state index is 11.8. The first-order valence-electron chi connectivity index (χ1n) is 8.28. The molecule has 0 heterocycles. The van der Waals surface area contributed by atoms with Crippen LogP contribution in [0, 0.1) is 0 Å². The number of hydrogen-bond donors (Lipinski definition) is 3. The number of rotatable bonds is 8. The van der Waals surface area contributed by atoms with Crippen molar-refractivity contribution in [1.82, 2.24) is 5.32 Å². The lowest BCUT2D eigenvalue weighted by atomic mass is 10.2. The predicted octanol–water partition coefficient (Wildman–Crippen LogP) is 2.91. The van der Waals surface area contributed by atoms with E-state index in [4.69, 9.17) is 4.74 Å². The van der Waals surface area contributed by atoms with Gasteiger partial charge in [-0.05, 0) is 49.7 Å². The van der Waals surface area contributed by atoms with Gasteiger partial charge in [0.25, 0.3) is 0 Å². The van der Waals surface area contributed by atoms with E-state index < -0.39 is 11.8 Å². The lowest BCUT2D eigenvalue weighted by molar-refractivity contribution is -0.136. The van der Waals surface area contributed by atoms with Crippen LogP contribution in [0.4, 0.5) is 17.1 Å². The van der Waals surface area contributed by atoms with E-state index in [2.05, 4.69) is 16.0 Å². The number of amides is 2. The first-order valence-corrected chi connectivity index (χ1v) is 8.28. The summed E-state index contributed by atoms with van der Waals surface area (Å²) < 4.78 is 5.17. The highest BCUT2D eigenvalue weighted by Gasteiger charge is 2.12. The summed E-state index contributed by atoms with van der Waals surface area (Å²) >= 11 is 0. The van der Waals surface area contributed by atoms with E-state index in [0.29, 0.717) is 31.9 Å². The summed E-state index contributed by atoms with van der Waals surface area (Å²) in [6.45, 7) is 3.52. The van der Waals surface area contributed by atoms with Gasteiger partial charge in [0, 0.05) is 36.8 Å². The Balaban J connectivity index is 1.78. The van der Waals surface area contributed by atoms with Crippen LogP contribution in [0.1, 0.15) is 13.3 Å². The van der Waals surface area contributed by atoms with Crippen LogP contribution < -0.4 is 16.0 Å². The topological polar surface area (TPSA) is 79.5 Å². The number of para-hydroxylation sites is 1. The molecule has 6 heteroatoms. The summed E-state index contributed by atoms with van der Waals surface area (Å²) in [5.74, 6) is -1.33. The molecule has 6 nitrogen and oxygen atoms in total. The van der Waals surface area contributed by atoms with E-state index in [0.717, 1.165) is 11.4 Å². The van der Waals surface area contributed by atoms with Crippen molar-refractivity contribution >= 4 is 28.9 Å². The van der Waals surface area contributed by atoms with Crippen LogP contribution in [0.2, 0.25) is 0 Å². The monoisotopic (exact) mass is 341 g/mol. The van der Waals surface area contributed by atoms with Gasteiger partial charge in [0.15, 0.2) is 0 Å². The largest absolute Gasteiger partial charge is 0.382 e. The normalized spacial score (nSPS) is 10.1. The molecule has 0 atom stereocenters. The third-order valence-corrected chi connectivity index (χ3v) is 3.37. The number of ether oxygens (including phenoxy) is 1. The Labute approximate surface area is 147 Å². The molecule has 0 saturated carbocycles. The molecule has 0 aromatic heterocycles. The lowest BCUT2D eigenvalue weighted by Crippen LogP contribution is -2.36. The molecule has 2 aromatic carbocycles. The van der Waals surface area contributed by atoms with Gasteiger partial charge in [-0.2, -0.15) is 0 Å². The molecular formula is C19H23N3O3. The van der Waals surface area contributed by atoms with Gasteiger partial charge in [-0.1, -0.05) is 18.2 Å². The average molecular weight is 341 g/mol. The minimum absolute atomic E-state index is 0.409. The summed E-state index contributed by atoms with van der Waals surface area (Å²) in [4.78, 5) is 23.6. The van der Waals surface area contributed by atoms with Crippen molar-refractivity contribution in [3.8, 4) is 0 Å². The molecule has 0 saturated heterocycles. The number of benzene rings is 2. The maximum Gasteiger partial charge on any atom is 0.313 e. The van der Waals surface area contributed by atoms with Crippen molar-refractivity contribution in [2.24, 2.45) is 0 Å². The van der Waals surface area contributed by atoms with Gasteiger partial charge in [-0.15, -0.1) is 0 Å². The summed E-state index contributed by atoms with van der Waals surface area (Å²) in [6, 6.07) is 16.9. The zero-order valence-electron chi connectivity index (χ0n) is 14.2. The highest BCUT2D eigenvalue weighted by Crippen LogP contribution is 2.18. The SMILES string of the molecule is CCOCCCNC(=O)C(=O)Nc1ccc(Nc2ccccc2)cc1. The molecule has 0 bridgehead atoms. The van der Waals surface area contributed by atoms with Gasteiger partial charge in [-0.25, -0.2) is 0 Å². The Kier molecular flexibility index (Phi) is 7.46. The zero-order chi connectivity index (χ0) is 17.9. The second-order valence-corrected chi connectivity index (χ2v) is 5.33. The quantitative estimate of drug-likeness (QED) is 0.509. The van der Waals surface area contributed by atoms with Crippen molar-refractivity contribution in [1.29, 1.82) is 0 Å². The molecule has 0 spiro atoms. The van der Waals surface area contributed by atoms with Crippen LogP contribution in [-0.4, -0.2) is 31.6 Å². The van der Waals surface area contributed by atoms with Gasteiger partial charge in [0.05, 0.1) is 0 Å². The average Bonchev–Trinajstić information content (AvgIpc) is 2.64. The minimum atomic E-state index is -0.680. The maximum atomic E-state index is 11.8. The first kappa shape index (κ1) is 18.5. The molecule has 0 aliphatic heterocycles. The van der Waals surface area contributed by atoms with Crippen molar-refractivity contribution in [2.45, 2.75) is 13.3 Å². The molecule has 132 valence electrons. The van der Waals surface area contributed by atoms with Crippen LogP contribution in [0.3, 0.4) is 0 Å². The molecule has 0 unspecified atom stereocenters. The number of nitrogens with one attached hydrogen (secondary N) is 3. The Morgan fingerprint density at radius 1 is 0.880 bits per heavy atom. The van der Waals surface area contributed by atoms with Crippen LogP contribution in [0.25, 0.3) is 0 Å². The van der Waals surface area contributed by atoms with Crippen molar-refractivity contribution in [2.75, 3.05) is 30.4 Å². The van der Waals surface area contributed by atoms with Crippen LogP contribution in [0.5, 0.6) is 0 Å². The number of carbonyl (C=O) groups is 2. The van der Waals surface area contributed by atoms with Gasteiger partial charge >= 0.3 is 11.8 Å². The smallest absolute Gasteiger partial charge is 0.313 e. The van der Waals surface area contributed by atoms with E-state index in [1.54, 1.807) is 12.1 Å². The summed E-state index contributed by atoms with van der Waals surface area (Å²) in [5.41, 5.74) is 2.43. The Bertz CT molecular complexity index is 672. The summed E-state index contributed by atoms with van der Waals surface area (Å²) in [6.07, 6.45) is 0.673. The molecule has 0 radical (unpaired) electrons. The molecule has 25 heavy (non-hydrogen) atoms. The minimum Gasteiger partial charge on any atom is -0.382 e. The predicted molar refractivity (Wildman–Crippen MR) is 98.9 cm³/mol. The van der Waals surface area contributed by atoms with Gasteiger partial charge < -0.3 is 20.7 Å². The molecule has 0 fully saturated rings. The third kappa shape index (κ3) is 6.64. The lowest BCUT2D eigenvalue weighted by Gasteiger charge is -2.09. The molecule has 2 aromatic rings. The van der Waals surface area contributed by atoms with Crippen molar-refractivity contribution < 1.29 is 14.3 Å². The fraction of sp³-hybridized carbons (Fsp3) is 0.263. The van der Waals surface area contributed by atoms with Gasteiger partial charge in [-0.3, -0.25) is 9.59 Å². The molecule has 2 amide bonds. The fourth-order valence-corrected chi connectivity index (χ4v) is 2.11. The Hall–Kier alpha value is -2.86. The highest BCUT2D eigenvalue weighted by molar-refractivity contribution is 6.39. The van der Waals surface area contributed by atoms with Gasteiger partial charge in [0.2, 0.25) is 0 Å². The van der Waals surface area contributed by atoms with Gasteiger partial charge in [0.1, 0.15) is 0 Å². The molecule has 0 aliphatic rings. The first-order chi connectivity index (χ1) is 12.2. The van der Waals surface area contributed by atoms with E-state index in [9.17, 15) is 9.59 Å². The highest BCUT2D eigenvalue weighted by atomic mass is 16.5. The molecule has 3 N–H and O–H groups in total.